The Kier molecular flexibility index (Phi) is 7.62. The zero-order chi connectivity index (χ0) is 24.0. The van der Waals surface area contributed by atoms with Crippen molar-refractivity contribution in [3.8, 4) is 5.75 Å². The van der Waals surface area contributed by atoms with Gasteiger partial charge >= 0.3 is 0 Å². The average molecular weight is 481 g/mol. The minimum absolute atomic E-state index is 0.187. The van der Waals surface area contributed by atoms with Gasteiger partial charge in [0.1, 0.15) is 5.75 Å². The van der Waals surface area contributed by atoms with Crippen LogP contribution in [-0.2, 0) is 19.6 Å². The fraction of sp³-hybridized carbons (Fsp3) is 0.269. The number of morpholine rings is 1. The van der Waals surface area contributed by atoms with Gasteiger partial charge < -0.3 is 14.8 Å². The van der Waals surface area contributed by atoms with Crippen LogP contribution in [0.5, 0.6) is 5.75 Å². The molecule has 7 nitrogen and oxygen atoms in total. The fourth-order valence-electron chi connectivity index (χ4n) is 3.79. The molecule has 1 saturated heterocycles. The largest absolute Gasteiger partial charge is 0.481 e. The normalized spacial score (nSPS) is 15.6. The summed E-state index contributed by atoms with van der Waals surface area (Å²) in [5.74, 6) is 0.141. The van der Waals surface area contributed by atoms with Crippen molar-refractivity contribution in [2.45, 2.75) is 24.0 Å². The van der Waals surface area contributed by atoms with Gasteiger partial charge in [-0.25, -0.2) is 8.42 Å². The number of carbonyl (C=O) groups excluding carboxylic acids is 1. The zero-order valence-electron chi connectivity index (χ0n) is 19.0. The van der Waals surface area contributed by atoms with Gasteiger partial charge in [-0.05, 0) is 42.3 Å². The predicted molar refractivity (Wildman–Crippen MR) is 129 cm³/mol. The highest BCUT2D eigenvalue weighted by atomic mass is 32.2. The lowest BCUT2D eigenvalue weighted by Gasteiger charge is -2.26. The Morgan fingerprint density at radius 3 is 1.94 bits per heavy atom. The molecule has 8 heteroatoms. The fourth-order valence-corrected chi connectivity index (χ4v) is 5.20. The molecule has 1 N–H and O–H groups in total. The van der Waals surface area contributed by atoms with Crippen LogP contribution < -0.4 is 10.1 Å². The number of carbonyl (C=O) groups is 1. The van der Waals surface area contributed by atoms with Crippen molar-refractivity contribution in [1.82, 2.24) is 9.62 Å². The molecule has 1 atom stereocenters. The van der Waals surface area contributed by atoms with E-state index in [1.807, 2.05) is 60.7 Å². The van der Waals surface area contributed by atoms with Gasteiger partial charge in [0.2, 0.25) is 10.0 Å². The van der Waals surface area contributed by atoms with Crippen LogP contribution in [0.25, 0.3) is 0 Å². The lowest BCUT2D eigenvalue weighted by molar-refractivity contribution is -0.127. The molecular formula is C26H28N2O5S. The summed E-state index contributed by atoms with van der Waals surface area (Å²) in [7, 11) is -3.58. The third-order valence-corrected chi connectivity index (χ3v) is 7.58. The van der Waals surface area contributed by atoms with Gasteiger partial charge in [-0.2, -0.15) is 4.31 Å². The van der Waals surface area contributed by atoms with Gasteiger partial charge in [0.05, 0.1) is 24.2 Å². The molecule has 4 rings (SSSR count). The molecule has 3 aromatic rings. The Bertz CT molecular complexity index is 1140. The van der Waals surface area contributed by atoms with Gasteiger partial charge in [0.25, 0.3) is 5.91 Å². The van der Waals surface area contributed by atoms with E-state index in [9.17, 15) is 13.2 Å². The Hall–Kier alpha value is -3.20. The minimum Gasteiger partial charge on any atom is -0.481 e. The molecule has 1 amide bonds. The molecule has 0 unspecified atom stereocenters. The number of hydrogen-bond acceptors (Lipinski definition) is 5. The molecular weight excluding hydrogens is 452 g/mol. The molecule has 34 heavy (non-hydrogen) atoms. The molecule has 1 fully saturated rings. The number of amides is 1. The van der Waals surface area contributed by atoms with Crippen molar-refractivity contribution in [1.29, 1.82) is 0 Å². The third kappa shape index (κ3) is 5.64. The summed E-state index contributed by atoms with van der Waals surface area (Å²) in [6.07, 6.45) is -0.781. The standard InChI is InChI=1S/C26H28N2O5S/c1-20(26(29)27-25(21-8-4-2-5-9-21)22-10-6-3-7-11-22)33-23-12-14-24(15-13-23)34(30,31)28-16-18-32-19-17-28/h2-15,20,25H,16-19H2,1H3,(H,27,29)/t20-/m1/s1. The molecule has 178 valence electrons. The van der Waals surface area contributed by atoms with Crippen molar-refractivity contribution >= 4 is 15.9 Å². The third-order valence-electron chi connectivity index (χ3n) is 5.67. The highest BCUT2D eigenvalue weighted by molar-refractivity contribution is 7.89. The zero-order valence-corrected chi connectivity index (χ0v) is 19.8. The van der Waals surface area contributed by atoms with Crippen LogP contribution in [0.4, 0.5) is 0 Å². The molecule has 1 heterocycles. The second kappa shape index (κ2) is 10.8. The Labute approximate surface area is 200 Å². The topological polar surface area (TPSA) is 84.9 Å². The molecule has 1 aliphatic heterocycles. The van der Waals surface area contributed by atoms with E-state index < -0.39 is 16.1 Å². The first-order valence-electron chi connectivity index (χ1n) is 11.2. The van der Waals surface area contributed by atoms with Crippen molar-refractivity contribution in [2.24, 2.45) is 0 Å². The summed E-state index contributed by atoms with van der Waals surface area (Å²) in [5.41, 5.74) is 1.93. The van der Waals surface area contributed by atoms with Crippen molar-refractivity contribution < 1.29 is 22.7 Å². The van der Waals surface area contributed by atoms with Crippen LogP contribution in [0, 0.1) is 0 Å². The Morgan fingerprint density at radius 2 is 1.41 bits per heavy atom. The number of nitrogens with one attached hydrogen (secondary N) is 1. The SMILES string of the molecule is C[C@@H](Oc1ccc(S(=O)(=O)N2CCOCC2)cc1)C(=O)NC(c1ccccc1)c1ccccc1. The number of hydrogen-bond donors (Lipinski definition) is 1. The lowest BCUT2D eigenvalue weighted by atomic mass is 9.98. The monoisotopic (exact) mass is 480 g/mol. The maximum Gasteiger partial charge on any atom is 0.261 e. The summed E-state index contributed by atoms with van der Waals surface area (Å²) in [4.78, 5) is 13.2. The van der Waals surface area contributed by atoms with E-state index in [0.717, 1.165) is 11.1 Å². The van der Waals surface area contributed by atoms with E-state index in [0.29, 0.717) is 32.1 Å². The van der Waals surface area contributed by atoms with Crippen LogP contribution >= 0.6 is 0 Å². The van der Waals surface area contributed by atoms with Crippen LogP contribution in [0.15, 0.2) is 89.8 Å². The van der Waals surface area contributed by atoms with Gasteiger partial charge in [-0.3, -0.25) is 4.79 Å². The second-order valence-electron chi connectivity index (χ2n) is 8.01. The van der Waals surface area contributed by atoms with Gasteiger partial charge in [0.15, 0.2) is 6.10 Å². The van der Waals surface area contributed by atoms with Crippen LogP contribution in [0.2, 0.25) is 0 Å². The van der Waals surface area contributed by atoms with E-state index in [4.69, 9.17) is 9.47 Å². The highest BCUT2D eigenvalue weighted by Gasteiger charge is 2.26. The molecule has 3 aromatic carbocycles. The molecule has 0 bridgehead atoms. The highest BCUT2D eigenvalue weighted by Crippen LogP contribution is 2.24. The van der Waals surface area contributed by atoms with Crippen molar-refractivity contribution in [3.63, 3.8) is 0 Å². The molecule has 0 spiro atoms. The lowest BCUT2D eigenvalue weighted by Crippen LogP contribution is -2.40. The van der Waals surface area contributed by atoms with Crippen molar-refractivity contribution in [2.75, 3.05) is 26.3 Å². The summed E-state index contributed by atoms with van der Waals surface area (Å²) in [6.45, 7) is 3.12. The number of rotatable bonds is 8. The first-order valence-corrected chi connectivity index (χ1v) is 12.6. The summed E-state index contributed by atoms with van der Waals surface area (Å²) in [5, 5.41) is 3.07. The number of nitrogens with zero attached hydrogens (tertiary/aromatic N) is 1. The molecule has 0 radical (unpaired) electrons. The van der Waals surface area contributed by atoms with Gasteiger partial charge in [-0.1, -0.05) is 60.7 Å². The first kappa shape index (κ1) is 23.9. The molecule has 0 aromatic heterocycles. The summed E-state index contributed by atoms with van der Waals surface area (Å²) < 4.78 is 38.0. The molecule has 1 aliphatic rings. The van der Waals surface area contributed by atoms with E-state index in [1.165, 1.54) is 16.4 Å². The maximum atomic E-state index is 13.0. The number of sulfonamides is 1. The van der Waals surface area contributed by atoms with Crippen molar-refractivity contribution in [3.05, 3.63) is 96.1 Å². The average Bonchev–Trinajstić information content (AvgIpc) is 2.89. The van der Waals surface area contributed by atoms with E-state index >= 15 is 0 Å². The van der Waals surface area contributed by atoms with E-state index in [2.05, 4.69) is 5.32 Å². The predicted octanol–water partition coefficient (Wildman–Crippen LogP) is 3.38. The van der Waals surface area contributed by atoms with Gasteiger partial charge in [-0.15, -0.1) is 0 Å². The summed E-state index contributed by atoms with van der Waals surface area (Å²) in [6, 6.07) is 25.3. The van der Waals surface area contributed by atoms with E-state index in [-0.39, 0.29) is 16.8 Å². The quantitative estimate of drug-likeness (QED) is 0.534. The van der Waals surface area contributed by atoms with Crippen LogP contribution in [-0.4, -0.2) is 51.0 Å². The Balaban J connectivity index is 1.43. The number of ether oxygens (including phenoxy) is 2. The smallest absolute Gasteiger partial charge is 0.261 e. The number of benzene rings is 3. The summed E-state index contributed by atoms with van der Waals surface area (Å²) >= 11 is 0. The van der Waals surface area contributed by atoms with Crippen LogP contribution in [0.1, 0.15) is 24.1 Å². The Morgan fingerprint density at radius 1 is 0.882 bits per heavy atom. The first-order chi connectivity index (χ1) is 16.4. The maximum absolute atomic E-state index is 13.0. The van der Waals surface area contributed by atoms with Gasteiger partial charge in [0, 0.05) is 13.1 Å². The minimum atomic E-state index is -3.58. The molecule has 0 saturated carbocycles. The molecule has 0 aliphatic carbocycles. The van der Waals surface area contributed by atoms with Crippen LogP contribution in [0.3, 0.4) is 0 Å². The second-order valence-corrected chi connectivity index (χ2v) is 9.95. The van der Waals surface area contributed by atoms with E-state index in [1.54, 1.807) is 19.1 Å².